The van der Waals surface area contributed by atoms with Gasteiger partial charge in [0.15, 0.2) is 11.6 Å². The Balaban J connectivity index is 1.74. The highest BCUT2D eigenvalue weighted by atomic mass is 19.1. The molecule has 2 heterocycles. The predicted molar refractivity (Wildman–Crippen MR) is 85.3 cm³/mol. The predicted octanol–water partition coefficient (Wildman–Crippen LogP) is 4.05. The highest BCUT2D eigenvalue weighted by molar-refractivity contribution is 5.64. The van der Waals surface area contributed by atoms with Gasteiger partial charge in [-0.2, -0.15) is 0 Å². The molecule has 0 aromatic heterocycles. The minimum absolute atomic E-state index is 0.113. The molecule has 0 amide bonds. The van der Waals surface area contributed by atoms with Gasteiger partial charge in [-0.3, -0.25) is 0 Å². The molecule has 130 valence electrons. The van der Waals surface area contributed by atoms with Gasteiger partial charge in [0.05, 0.1) is 18.4 Å². The average molecular weight is 358 g/mol. The van der Waals surface area contributed by atoms with E-state index in [1.165, 1.54) is 29.2 Å². The van der Waals surface area contributed by atoms with Gasteiger partial charge in [-0.25, -0.2) is 32.5 Å². The van der Waals surface area contributed by atoms with Crippen molar-refractivity contribution in [2.45, 2.75) is 6.54 Å². The summed E-state index contributed by atoms with van der Waals surface area (Å²) in [7, 11) is 0. The molecular formula is C18H10F4N4. The number of rotatable bonds is 3. The molecule has 0 aliphatic carbocycles. The van der Waals surface area contributed by atoms with Gasteiger partial charge in [-0.05, 0) is 24.3 Å². The summed E-state index contributed by atoms with van der Waals surface area (Å²) in [5.41, 5.74) is -0.224. The number of halogens is 4. The first-order chi connectivity index (χ1) is 12.5. The fourth-order valence-corrected chi connectivity index (χ4v) is 2.62. The first-order valence-corrected chi connectivity index (χ1v) is 7.60. The molecule has 0 spiro atoms. The Labute approximate surface area is 145 Å². The van der Waals surface area contributed by atoms with E-state index in [0.717, 1.165) is 24.3 Å². The number of nitrogens with zero attached hydrogens (tertiary/aromatic N) is 4. The van der Waals surface area contributed by atoms with Crippen LogP contribution in [0.5, 0.6) is 0 Å². The molecule has 2 aromatic carbocycles. The lowest BCUT2D eigenvalue weighted by molar-refractivity contribution is 0.542. The van der Waals surface area contributed by atoms with Crippen LogP contribution in [-0.2, 0) is 6.54 Å². The Bertz CT molecular complexity index is 1040. The summed E-state index contributed by atoms with van der Waals surface area (Å²) in [6.45, 7) is -0.113. The minimum atomic E-state index is -0.790. The zero-order valence-electron chi connectivity index (χ0n) is 13.1. The summed E-state index contributed by atoms with van der Waals surface area (Å²) in [4.78, 5) is 12.2. The van der Waals surface area contributed by atoms with Crippen molar-refractivity contribution >= 4 is 0 Å². The van der Waals surface area contributed by atoms with Crippen molar-refractivity contribution in [1.82, 2.24) is 19.5 Å². The molecule has 0 unspecified atom stereocenters. The molecule has 0 fully saturated rings. The van der Waals surface area contributed by atoms with Gasteiger partial charge >= 0.3 is 0 Å². The molecular weight excluding hydrogens is 348 g/mol. The number of imidazole rings is 1. The van der Waals surface area contributed by atoms with Gasteiger partial charge in [0, 0.05) is 11.8 Å². The summed E-state index contributed by atoms with van der Waals surface area (Å²) in [6, 6.07) is 7.05. The van der Waals surface area contributed by atoms with Crippen LogP contribution in [0, 0.1) is 23.3 Å². The van der Waals surface area contributed by atoms with Gasteiger partial charge in [-0.15, -0.1) is 0 Å². The van der Waals surface area contributed by atoms with Gasteiger partial charge < -0.3 is 4.57 Å². The molecule has 8 heteroatoms. The monoisotopic (exact) mass is 358 g/mol. The molecule has 0 saturated carbocycles. The van der Waals surface area contributed by atoms with E-state index in [0.29, 0.717) is 0 Å². The van der Waals surface area contributed by atoms with E-state index in [2.05, 4.69) is 15.0 Å². The third kappa shape index (κ3) is 2.79. The SMILES string of the molecule is Fc1cccc(F)c1Cn1cnc2nc(-c3c(F)cccc3F)nc-2c1. The molecule has 2 aliphatic rings. The highest BCUT2D eigenvalue weighted by Crippen LogP contribution is 2.27. The zero-order valence-corrected chi connectivity index (χ0v) is 13.1. The molecule has 2 aromatic rings. The molecule has 0 saturated heterocycles. The van der Waals surface area contributed by atoms with E-state index in [-0.39, 0.29) is 35.0 Å². The Hall–Kier alpha value is -3.29. The summed E-state index contributed by atoms with van der Waals surface area (Å²) in [5, 5.41) is 0. The standard InChI is InChI=1S/C18H10F4N4/c19-11-3-1-4-12(20)10(11)7-26-8-15-17(23-9-26)25-18(24-15)16-13(21)5-2-6-14(16)22/h1-6,8-9H,7H2. The summed E-state index contributed by atoms with van der Waals surface area (Å²) >= 11 is 0. The molecule has 4 nitrogen and oxygen atoms in total. The smallest absolute Gasteiger partial charge is 0.183 e. The number of fused-ring (bicyclic) bond motifs is 1. The summed E-state index contributed by atoms with van der Waals surface area (Å²) in [6.07, 6.45) is 2.79. The Morgan fingerprint density at radius 2 is 1.38 bits per heavy atom. The van der Waals surface area contributed by atoms with Crippen molar-refractivity contribution < 1.29 is 17.6 Å². The molecule has 0 atom stereocenters. The van der Waals surface area contributed by atoms with Gasteiger partial charge in [0.2, 0.25) is 0 Å². The number of benzene rings is 2. The topological polar surface area (TPSA) is 43.6 Å². The van der Waals surface area contributed by atoms with Gasteiger partial charge in [0.1, 0.15) is 29.0 Å². The van der Waals surface area contributed by atoms with Crippen LogP contribution in [0.4, 0.5) is 17.6 Å². The van der Waals surface area contributed by atoms with Gasteiger partial charge in [-0.1, -0.05) is 12.1 Å². The van der Waals surface area contributed by atoms with Crippen LogP contribution in [0.1, 0.15) is 5.56 Å². The number of hydrogen-bond acceptors (Lipinski definition) is 3. The van der Waals surface area contributed by atoms with E-state index >= 15 is 0 Å². The Morgan fingerprint density at radius 1 is 0.769 bits per heavy atom. The summed E-state index contributed by atoms with van der Waals surface area (Å²) in [5.74, 6) is -2.91. The first kappa shape index (κ1) is 16.2. The maximum absolute atomic E-state index is 13.9. The second kappa shape index (κ2) is 6.21. The maximum Gasteiger partial charge on any atom is 0.183 e. The molecule has 0 radical (unpaired) electrons. The van der Waals surface area contributed by atoms with Crippen LogP contribution in [0.25, 0.3) is 22.9 Å². The minimum Gasteiger partial charge on any atom is -0.332 e. The zero-order chi connectivity index (χ0) is 18.3. The fourth-order valence-electron chi connectivity index (χ4n) is 2.62. The van der Waals surface area contributed by atoms with Crippen LogP contribution >= 0.6 is 0 Å². The van der Waals surface area contributed by atoms with Crippen molar-refractivity contribution in [2.75, 3.05) is 0 Å². The number of aromatic nitrogens is 4. The average Bonchev–Trinajstić information content (AvgIpc) is 3.01. The Kier molecular flexibility index (Phi) is 3.87. The lowest BCUT2D eigenvalue weighted by Crippen LogP contribution is -2.06. The van der Waals surface area contributed by atoms with Crippen LogP contribution in [0.2, 0.25) is 0 Å². The van der Waals surface area contributed by atoms with E-state index in [1.54, 1.807) is 0 Å². The van der Waals surface area contributed by atoms with Crippen LogP contribution in [0.15, 0.2) is 48.9 Å². The van der Waals surface area contributed by atoms with E-state index in [9.17, 15) is 17.6 Å². The van der Waals surface area contributed by atoms with Crippen molar-refractivity contribution in [3.63, 3.8) is 0 Å². The lowest BCUT2D eigenvalue weighted by atomic mass is 10.2. The molecule has 4 rings (SSSR count). The second-order valence-electron chi connectivity index (χ2n) is 5.60. The van der Waals surface area contributed by atoms with E-state index < -0.39 is 23.3 Å². The largest absolute Gasteiger partial charge is 0.332 e. The van der Waals surface area contributed by atoms with Crippen LogP contribution in [-0.4, -0.2) is 19.5 Å². The van der Waals surface area contributed by atoms with Crippen LogP contribution in [0.3, 0.4) is 0 Å². The fraction of sp³-hybridized carbons (Fsp3) is 0.0556. The molecule has 26 heavy (non-hydrogen) atoms. The van der Waals surface area contributed by atoms with Crippen molar-refractivity contribution in [3.8, 4) is 22.9 Å². The van der Waals surface area contributed by atoms with Crippen molar-refractivity contribution in [2.24, 2.45) is 0 Å². The molecule has 0 N–H and O–H groups in total. The third-order valence-corrected chi connectivity index (χ3v) is 3.87. The first-order valence-electron chi connectivity index (χ1n) is 7.60. The molecule has 0 bridgehead atoms. The quantitative estimate of drug-likeness (QED) is 0.519. The normalized spacial score (nSPS) is 11.2. The van der Waals surface area contributed by atoms with Crippen molar-refractivity contribution in [1.29, 1.82) is 0 Å². The second-order valence-corrected chi connectivity index (χ2v) is 5.60. The number of hydrogen-bond donors (Lipinski definition) is 0. The van der Waals surface area contributed by atoms with E-state index in [4.69, 9.17) is 0 Å². The lowest BCUT2D eigenvalue weighted by Gasteiger charge is -2.09. The Morgan fingerprint density at radius 3 is 2.04 bits per heavy atom. The maximum atomic E-state index is 13.9. The molecule has 2 aliphatic heterocycles. The summed E-state index contributed by atoms with van der Waals surface area (Å²) < 4.78 is 56.8. The third-order valence-electron chi connectivity index (χ3n) is 3.87. The van der Waals surface area contributed by atoms with Gasteiger partial charge in [0.25, 0.3) is 0 Å². The van der Waals surface area contributed by atoms with Crippen LogP contribution < -0.4 is 0 Å². The van der Waals surface area contributed by atoms with Crippen molar-refractivity contribution in [3.05, 3.63) is 77.8 Å². The highest BCUT2D eigenvalue weighted by Gasteiger charge is 2.20. The van der Waals surface area contributed by atoms with E-state index in [1.807, 2.05) is 0 Å².